The van der Waals surface area contributed by atoms with Crippen molar-refractivity contribution in [1.82, 2.24) is 19.3 Å². The SMILES string of the molecule is CC(=O)O.CC1CCCCN1CCc1nc2ccccc2c2nc3ccccc3n12. The number of carboxylic acids is 1. The second-order valence-corrected chi connectivity index (χ2v) is 7.95. The van der Waals surface area contributed by atoms with E-state index in [1.807, 2.05) is 0 Å². The first-order valence-electron chi connectivity index (χ1n) is 10.6. The van der Waals surface area contributed by atoms with Gasteiger partial charge >= 0.3 is 0 Å². The van der Waals surface area contributed by atoms with Crippen LogP contribution in [0, 0.1) is 0 Å². The number of fused-ring (bicyclic) bond motifs is 5. The van der Waals surface area contributed by atoms with Crippen LogP contribution in [-0.4, -0.2) is 49.5 Å². The average molecular weight is 405 g/mol. The van der Waals surface area contributed by atoms with Crippen molar-refractivity contribution >= 4 is 33.6 Å². The molecule has 4 aromatic rings. The molecule has 6 nitrogen and oxygen atoms in total. The molecule has 1 aliphatic heterocycles. The minimum atomic E-state index is -0.833. The van der Waals surface area contributed by atoms with Crippen LogP contribution in [0.5, 0.6) is 0 Å². The molecule has 5 rings (SSSR count). The van der Waals surface area contributed by atoms with Gasteiger partial charge in [0.25, 0.3) is 5.97 Å². The molecule has 1 fully saturated rings. The van der Waals surface area contributed by atoms with Crippen molar-refractivity contribution < 1.29 is 9.90 Å². The Labute approximate surface area is 176 Å². The number of rotatable bonds is 3. The van der Waals surface area contributed by atoms with Crippen LogP contribution >= 0.6 is 0 Å². The number of carbonyl (C=O) groups is 1. The fourth-order valence-electron chi connectivity index (χ4n) is 4.32. The minimum Gasteiger partial charge on any atom is -0.481 e. The second-order valence-electron chi connectivity index (χ2n) is 7.95. The number of imidazole rings is 1. The summed E-state index contributed by atoms with van der Waals surface area (Å²) in [6.45, 7) is 5.71. The van der Waals surface area contributed by atoms with Gasteiger partial charge in [0.1, 0.15) is 11.5 Å². The van der Waals surface area contributed by atoms with E-state index in [-0.39, 0.29) is 0 Å². The van der Waals surface area contributed by atoms with Crippen molar-refractivity contribution in [3.05, 3.63) is 54.4 Å². The highest BCUT2D eigenvalue weighted by Crippen LogP contribution is 2.25. The highest BCUT2D eigenvalue weighted by molar-refractivity contribution is 5.96. The topological polar surface area (TPSA) is 70.7 Å². The average Bonchev–Trinajstić information content (AvgIpc) is 3.13. The summed E-state index contributed by atoms with van der Waals surface area (Å²) in [7, 11) is 0. The number of benzene rings is 2. The number of aliphatic carboxylic acids is 1. The van der Waals surface area contributed by atoms with Gasteiger partial charge in [-0.25, -0.2) is 9.97 Å². The zero-order valence-electron chi connectivity index (χ0n) is 17.6. The molecule has 0 bridgehead atoms. The van der Waals surface area contributed by atoms with Crippen molar-refractivity contribution in [2.45, 2.75) is 45.6 Å². The first-order chi connectivity index (χ1) is 14.5. The minimum absolute atomic E-state index is 0.680. The molecule has 1 atom stereocenters. The monoisotopic (exact) mass is 404 g/mol. The maximum absolute atomic E-state index is 9.00. The third-order valence-electron chi connectivity index (χ3n) is 5.78. The number of carboxylic acid groups (broad SMARTS) is 1. The van der Waals surface area contributed by atoms with E-state index in [0.717, 1.165) is 53.3 Å². The van der Waals surface area contributed by atoms with Crippen LogP contribution in [0.15, 0.2) is 48.5 Å². The first-order valence-corrected chi connectivity index (χ1v) is 10.6. The Morgan fingerprint density at radius 3 is 2.53 bits per heavy atom. The lowest BCUT2D eigenvalue weighted by Gasteiger charge is -2.33. The van der Waals surface area contributed by atoms with Gasteiger partial charge in [0, 0.05) is 31.3 Å². The molecule has 3 heterocycles. The number of nitrogens with zero attached hydrogens (tertiary/aromatic N) is 4. The molecule has 0 saturated carbocycles. The molecule has 0 amide bonds. The molecule has 30 heavy (non-hydrogen) atoms. The van der Waals surface area contributed by atoms with E-state index in [0.29, 0.717) is 6.04 Å². The van der Waals surface area contributed by atoms with Crippen LogP contribution in [0.3, 0.4) is 0 Å². The van der Waals surface area contributed by atoms with E-state index in [4.69, 9.17) is 19.9 Å². The second kappa shape index (κ2) is 8.79. The van der Waals surface area contributed by atoms with Gasteiger partial charge in [-0.3, -0.25) is 9.20 Å². The molecule has 0 spiro atoms. The summed E-state index contributed by atoms with van der Waals surface area (Å²) in [6.07, 6.45) is 4.95. The maximum atomic E-state index is 9.00. The predicted octanol–water partition coefficient (Wildman–Crippen LogP) is 4.54. The normalized spacial score (nSPS) is 17.2. The molecule has 2 aromatic carbocycles. The highest BCUT2D eigenvalue weighted by atomic mass is 16.4. The van der Waals surface area contributed by atoms with Crippen LogP contribution in [-0.2, 0) is 11.2 Å². The molecule has 2 aromatic heterocycles. The standard InChI is InChI=1S/C22H24N4.C2H4O2/c1-16-8-6-7-14-25(16)15-13-21-23-18-10-3-2-9-17(18)22-24-19-11-4-5-12-20(19)26(21)22;1-2(3)4/h2-5,9-12,16H,6-8,13-15H2,1H3;1H3,(H,3,4). The fraction of sp³-hybridized carbons (Fsp3) is 0.375. The van der Waals surface area contributed by atoms with Gasteiger partial charge in [0.15, 0.2) is 0 Å². The maximum Gasteiger partial charge on any atom is 0.300 e. The third-order valence-corrected chi connectivity index (χ3v) is 5.78. The molecule has 1 aliphatic rings. The summed E-state index contributed by atoms with van der Waals surface area (Å²) in [6, 6.07) is 17.4. The van der Waals surface area contributed by atoms with E-state index in [9.17, 15) is 0 Å². The zero-order chi connectivity index (χ0) is 21.1. The van der Waals surface area contributed by atoms with Gasteiger partial charge in [-0.15, -0.1) is 0 Å². The smallest absolute Gasteiger partial charge is 0.300 e. The van der Waals surface area contributed by atoms with Crippen molar-refractivity contribution in [1.29, 1.82) is 0 Å². The predicted molar refractivity (Wildman–Crippen MR) is 120 cm³/mol. The van der Waals surface area contributed by atoms with Crippen LogP contribution < -0.4 is 0 Å². The zero-order valence-corrected chi connectivity index (χ0v) is 17.6. The molecule has 0 radical (unpaired) electrons. The fourth-order valence-corrected chi connectivity index (χ4v) is 4.32. The molecular formula is C24H28N4O2. The van der Waals surface area contributed by atoms with Crippen LogP contribution in [0.1, 0.15) is 38.9 Å². The van der Waals surface area contributed by atoms with E-state index in [1.54, 1.807) is 0 Å². The highest BCUT2D eigenvalue weighted by Gasteiger charge is 2.19. The molecule has 1 N–H and O–H groups in total. The van der Waals surface area contributed by atoms with Gasteiger partial charge in [-0.05, 0) is 50.6 Å². The van der Waals surface area contributed by atoms with Gasteiger partial charge in [-0.1, -0.05) is 30.7 Å². The Bertz CT molecular complexity index is 1180. The molecular weight excluding hydrogens is 376 g/mol. The molecule has 0 aliphatic carbocycles. The molecule has 156 valence electrons. The first kappa shape index (κ1) is 20.3. The Morgan fingerprint density at radius 1 is 1.07 bits per heavy atom. The van der Waals surface area contributed by atoms with E-state index in [1.165, 1.54) is 25.8 Å². The van der Waals surface area contributed by atoms with Crippen molar-refractivity contribution in [3.8, 4) is 0 Å². The molecule has 6 heteroatoms. The Hall–Kier alpha value is -2.99. The largest absolute Gasteiger partial charge is 0.481 e. The summed E-state index contributed by atoms with van der Waals surface area (Å²) in [4.78, 5) is 21.6. The van der Waals surface area contributed by atoms with Gasteiger partial charge in [-0.2, -0.15) is 0 Å². The molecule has 1 unspecified atom stereocenters. The summed E-state index contributed by atoms with van der Waals surface area (Å²) in [5.74, 6) is 0.283. The van der Waals surface area contributed by atoms with E-state index < -0.39 is 5.97 Å². The van der Waals surface area contributed by atoms with Crippen molar-refractivity contribution in [3.63, 3.8) is 0 Å². The van der Waals surface area contributed by atoms with Gasteiger partial charge in [0.2, 0.25) is 0 Å². The van der Waals surface area contributed by atoms with E-state index in [2.05, 4.69) is 64.8 Å². The van der Waals surface area contributed by atoms with Crippen molar-refractivity contribution in [2.75, 3.05) is 13.1 Å². The Balaban J connectivity index is 0.000000503. The Morgan fingerprint density at radius 2 is 1.77 bits per heavy atom. The quantitative estimate of drug-likeness (QED) is 0.543. The van der Waals surface area contributed by atoms with Gasteiger partial charge < -0.3 is 10.0 Å². The lowest BCUT2D eigenvalue weighted by atomic mass is 10.0. The lowest BCUT2D eigenvalue weighted by Crippen LogP contribution is -2.38. The number of likely N-dealkylation sites (tertiary alicyclic amines) is 1. The third kappa shape index (κ3) is 4.14. The van der Waals surface area contributed by atoms with Crippen molar-refractivity contribution in [2.24, 2.45) is 0 Å². The van der Waals surface area contributed by atoms with Crippen LogP contribution in [0.2, 0.25) is 0 Å². The Kier molecular flexibility index (Phi) is 5.95. The lowest BCUT2D eigenvalue weighted by molar-refractivity contribution is -0.134. The number of aromatic nitrogens is 3. The number of piperidine rings is 1. The van der Waals surface area contributed by atoms with Gasteiger partial charge in [0.05, 0.1) is 16.6 Å². The number of para-hydroxylation sites is 3. The van der Waals surface area contributed by atoms with Crippen LogP contribution in [0.25, 0.3) is 27.6 Å². The number of hydrogen-bond acceptors (Lipinski definition) is 4. The summed E-state index contributed by atoms with van der Waals surface area (Å²) in [5.41, 5.74) is 4.26. The summed E-state index contributed by atoms with van der Waals surface area (Å²) < 4.78 is 2.27. The summed E-state index contributed by atoms with van der Waals surface area (Å²) in [5, 5.41) is 8.54. The number of hydrogen-bond donors (Lipinski definition) is 1. The summed E-state index contributed by atoms with van der Waals surface area (Å²) >= 11 is 0. The van der Waals surface area contributed by atoms with E-state index >= 15 is 0 Å². The van der Waals surface area contributed by atoms with Crippen LogP contribution in [0.4, 0.5) is 0 Å². The molecule has 1 saturated heterocycles.